The maximum Gasteiger partial charge on any atom is 0.146 e. The Labute approximate surface area is 123 Å². The molecule has 2 rings (SSSR count). The minimum Gasteiger partial charge on any atom is -0.298 e. The van der Waals surface area contributed by atoms with E-state index in [0.717, 1.165) is 19.3 Å². The van der Waals surface area contributed by atoms with Gasteiger partial charge in [0.15, 0.2) is 0 Å². The van der Waals surface area contributed by atoms with Crippen molar-refractivity contribution in [3.8, 4) is 0 Å². The first-order valence-corrected chi connectivity index (χ1v) is 8.14. The normalized spacial score (nSPS) is 19.8. The third-order valence-electron chi connectivity index (χ3n) is 4.75. The van der Waals surface area contributed by atoms with E-state index >= 15 is 0 Å². The third kappa shape index (κ3) is 3.31. The van der Waals surface area contributed by atoms with Gasteiger partial charge in [0.2, 0.25) is 0 Å². The Morgan fingerprint density at radius 2 is 1.75 bits per heavy atom. The second kappa shape index (κ2) is 6.56. The van der Waals surface area contributed by atoms with E-state index in [2.05, 4.69) is 45.0 Å². The van der Waals surface area contributed by atoms with Crippen molar-refractivity contribution >= 4 is 5.78 Å². The lowest BCUT2D eigenvalue weighted by atomic mass is 9.67. The van der Waals surface area contributed by atoms with Crippen molar-refractivity contribution in [1.29, 1.82) is 0 Å². The predicted molar refractivity (Wildman–Crippen MR) is 84.8 cm³/mol. The highest BCUT2D eigenvalue weighted by molar-refractivity contribution is 5.91. The van der Waals surface area contributed by atoms with Crippen LogP contribution in [0.5, 0.6) is 0 Å². The highest BCUT2D eigenvalue weighted by Crippen LogP contribution is 2.38. The van der Waals surface area contributed by atoms with Gasteiger partial charge >= 0.3 is 0 Å². The maximum absolute atomic E-state index is 13.2. The Morgan fingerprint density at radius 3 is 2.30 bits per heavy atom. The number of ketones is 1. The van der Waals surface area contributed by atoms with Gasteiger partial charge in [0.05, 0.1) is 5.41 Å². The fourth-order valence-corrected chi connectivity index (χ4v) is 3.80. The summed E-state index contributed by atoms with van der Waals surface area (Å²) in [7, 11) is 0. The zero-order valence-electron chi connectivity index (χ0n) is 13.2. The van der Waals surface area contributed by atoms with Crippen LogP contribution in [0.25, 0.3) is 0 Å². The van der Waals surface area contributed by atoms with Gasteiger partial charge in [-0.15, -0.1) is 0 Å². The number of hydrogen-bond donors (Lipinski definition) is 0. The lowest BCUT2D eigenvalue weighted by molar-refractivity contribution is -0.129. The van der Waals surface area contributed by atoms with Crippen molar-refractivity contribution in [2.45, 2.75) is 64.7 Å². The highest BCUT2D eigenvalue weighted by atomic mass is 16.1. The van der Waals surface area contributed by atoms with Gasteiger partial charge in [0, 0.05) is 5.92 Å². The topological polar surface area (TPSA) is 17.1 Å². The number of carbonyl (C=O) groups is 1. The minimum atomic E-state index is -0.308. The summed E-state index contributed by atoms with van der Waals surface area (Å²) in [5.41, 5.74) is 0.890. The van der Waals surface area contributed by atoms with E-state index in [0.29, 0.717) is 11.7 Å². The van der Waals surface area contributed by atoms with Crippen LogP contribution in [0.1, 0.15) is 64.9 Å². The molecule has 110 valence electrons. The quantitative estimate of drug-likeness (QED) is 0.725. The van der Waals surface area contributed by atoms with Crippen LogP contribution in [0.2, 0.25) is 0 Å². The summed E-state index contributed by atoms with van der Waals surface area (Å²) < 4.78 is 0. The highest BCUT2D eigenvalue weighted by Gasteiger charge is 2.39. The van der Waals surface area contributed by atoms with Gasteiger partial charge < -0.3 is 0 Å². The van der Waals surface area contributed by atoms with E-state index in [9.17, 15) is 4.79 Å². The van der Waals surface area contributed by atoms with Crippen molar-refractivity contribution in [3.05, 3.63) is 35.9 Å². The molecule has 1 nitrogen and oxygen atoms in total. The Hall–Kier alpha value is -1.11. The van der Waals surface area contributed by atoms with Crippen LogP contribution < -0.4 is 0 Å². The van der Waals surface area contributed by atoms with E-state index in [1.807, 2.05) is 6.07 Å². The molecular weight excluding hydrogens is 244 g/mol. The molecule has 0 heterocycles. The van der Waals surface area contributed by atoms with Gasteiger partial charge in [0.1, 0.15) is 5.78 Å². The molecule has 1 fully saturated rings. The van der Waals surface area contributed by atoms with Crippen molar-refractivity contribution < 1.29 is 4.79 Å². The molecule has 0 aliphatic heterocycles. The smallest absolute Gasteiger partial charge is 0.146 e. The molecular formula is C19H28O. The zero-order valence-corrected chi connectivity index (χ0v) is 13.2. The Balaban J connectivity index is 2.28. The molecule has 1 aliphatic carbocycles. The molecule has 1 aliphatic rings. The lowest BCUT2D eigenvalue weighted by Gasteiger charge is -2.35. The molecule has 1 aromatic carbocycles. The SMILES string of the molecule is CC(C)CC(C)(C(=O)C1CCCCC1)c1ccccc1. The lowest BCUT2D eigenvalue weighted by Crippen LogP contribution is -2.39. The average Bonchev–Trinajstić information content (AvgIpc) is 2.47. The molecule has 0 N–H and O–H groups in total. The van der Waals surface area contributed by atoms with Crippen molar-refractivity contribution in [3.63, 3.8) is 0 Å². The number of carbonyl (C=O) groups excluding carboxylic acids is 1. The van der Waals surface area contributed by atoms with Gasteiger partial charge in [0.25, 0.3) is 0 Å². The molecule has 1 heteroatoms. The largest absolute Gasteiger partial charge is 0.298 e. The first kappa shape index (κ1) is 15.3. The molecule has 1 saturated carbocycles. The predicted octanol–water partition coefficient (Wildman–Crippen LogP) is 5.14. The first-order chi connectivity index (χ1) is 9.54. The van der Waals surface area contributed by atoms with E-state index in [1.165, 1.54) is 24.8 Å². The van der Waals surface area contributed by atoms with Crippen LogP contribution in [-0.4, -0.2) is 5.78 Å². The summed E-state index contributed by atoms with van der Waals surface area (Å²) in [6.45, 7) is 6.60. The van der Waals surface area contributed by atoms with Crippen molar-refractivity contribution in [1.82, 2.24) is 0 Å². The summed E-state index contributed by atoms with van der Waals surface area (Å²) in [6, 6.07) is 10.4. The molecule has 20 heavy (non-hydrogen) atoms. The molecule has 0 radical (unpaired) electrons. The van der Waals surface area contributed by atoms with Crippen molar-refractivity contribution in [2.24, 2.45) is 11.8 Å². The molecule has 0 spiro atoms. The fraction of sp³-hybridized carbons (Fsp3) is 0.632. The number of rotatable bonds is 5. The van der Waals surface area contributed by atoms with E-state index < -0.39 is 0 Å². The van der Waals surface area contributed by atoms with Crippen LogP contribution in [0.4, 0.5) is 0 Å². The van der Waals surface area contributed by atoms with Gasteiger partial charge in [-0.2, -0.15) is 0 Å². The molecule has 0 amide bonds. The van der Waals surface area contributed by atoms with E-state index in [1.54, 1.807) is 0 Å². The standard InChI is InChI=1S/C19H28O/c1-15(2)14-19(3,17-12-8-5-9-13-17)18(20)16-10-6-4-7-11-16/h5,8-9,12-13,15-16H,4,6-7,10-11,14H2,1-3H3. The minimum absolute atomic E-state index is 0.285. The maximum atomic E-state index is 13.2. The van der Waals surface area contributed by atoms with Crippen LogP contribution in [0, 0.1) is 11.8 Å². The zero-order chi connectivity index (χ0) is 14.6. The second-order valence-electron chi connectivity index (χ2n) is 7.00. The summed E-state index contributed by atoms with van der Waals surface area (Å²) in [6.07, 6.45) is 6.90. The van der Waals surface area contributed by atoms with Crippen LogP contribution in [0.15, 0.2) is 30.3 Å². The van der Waals surface area contributed by atoms with Crippen LogP contribution in [-0.2, 0) is 10.2 Å². The first-order valence-electron chi connectivity index (χ1n) is 8.14. The summed E-state index contributed by atoms with van der Waals surface area (Å²) in [5.74, 6) is 1.30. The Bertz CT molecular complexity index is 428. The van der Waals surface area contributed by atoms with Crippen molar-refractivity contribution in [2.75, 3.05) is 0 Å². The van der Waals surface area contributed by atoms with Gasteiger partial charge in [-0.05, 0) is 37.7 Å². The average molecular weight is 272 g/mol. The Morgan fingerprint density at radius 1 is 1.15 bits per heavy atom. The molecule has 0 bridgehead atoms. The Kier molecular flexibility index (Phi) is 5.01. The van der Waals surface area contributed by atoms with Crippen LogP contribution >= 0.6 is 0 Å². The second-order valence-corrected chi connectivity index (χ2v) is 7.00. The summed E-state index contributed by atoms with van der Waals surface area (Å²) in [4.78, 5) is 13.2. The van der Waals surface area contributed by atoms with Crippen LogP contribution in [0.3, 0.4) is 0 Å². The number of benzene rings is 1. The molecule has 1 unspecified atom stereocenters. The summed E-state index contributed by atoms with van der Waals surface area (Å²) >= 11 is 0. The molecule has 0 saturated heterocycles. The monoisotopic (exact) mass is 272 g/mol. The fourth-order valence-electron chi connectivity index (χ4n) is 3.80. The van der Waals surface area contributed by atoms with E-state index in [4.69, 9.17) is 0 Å². The molecule has 1 atom stereocenters. The summed E-state index contributed by atoms with van der Waals surface area (Å²) in [5, 5.41) is 0. The van der Waals surface area contributed by atoms with E-state index in [-0.39, 0.29) is 11.3 Å². The van der Waals surface area contributed by atoms with Gasteiger partial charge in [-0.3, -0.25) is 4.79 Å². The third-order valence-corrected chi connectivity index (χ3v) is 4.75. The van der Waals surface area contributed by atoms with Gasteiger partial charge in [-0.25, -0.2) is 0 Å². The molecule has 1 aromatic rings. The molecule has 0 aromatic heterocycles. The number of Topliss-reactive ketones (excluding diaryl/α,β-unsaturated/α-hetero) is 1. The number of hydrogen-bond acceptors (Lipinski definition) is 1. The van der Waals surface area contributed by atoms with Gasteiger partial charge in [-0.1, -0.05) is 63.4 Å².